The second kappa shape index (κ2) is 5.42. The van der Waals surface area contributed by atoms with E-state index in [0.29, 0.717) is 23.0 Å². The molecular weight excluding hydrogens is 278 g/mol. The molecule has 0 radical (unpaired) electrons. The number of aromatic carboxylic acids is 1. The zero-order chi connectivity index (χ0) is 14.1. The van der Waals surface area contributed by atoms with Crippen molar-refractivity contribution in [2.24, 2.45) is 0 Å². The van der Waals surface area contributed by atoms with Crippen LogP contribution in [0.2, 0.25) is 5.15 Å². The quantitative estimate of drug-likeness (QED) is 0.884. The number of halogens is 1. The third-order valence-corrected chi connectivity index (χ3v) is 4.00. The molecule has 1 N–H and O–H groups in total. The Balaban J connectivity index is 2.03. The molecule has 2 aromatic heterocycles. The van der Waals surface area contributed by atoms with Gasteiger partial charge in [-0.2, -0.15) is 0 Å². The van der Waals surface area contributed by atoms with Crippen LogP contribution in [0, 0.1) is 0 Å². The Morgan fingerprint density at radius 3 is 2.75 bits per heavy atom. The van der Waals surface area contributed by atoms with E-state index in [0.717, 1.165) is 13.1 Å². The molecule has 3 heterocycles. The van der Waals surface area contributed by atoms with Gasteiger partial charge in [0.1, 0.15) is 11.0 Å². The fourth-order valence-corrected chi connectivity index (χ4v) is 3.01. The Hall–Kier alpha value is -1.59. The molecule has 3 rings (SSSR count). The van der Waals surface area contributed by atoms with Crippen molar-refractivity contribution >= 4 is 23.1 Å². The molecule has 1 aliphatic heterocycles. The third kappa shape index (κ3) is 2.39. The van der Waals surface area contributed by atoms with E-state index >= 15 is 0 Å². The molecule has 0 saturated carbocycles. The minimum atomic E-state index is -1.02. The number of carbonyl (C=O) groups is 1. The Bertz CT molecular complexity index is 647. The van der Waals surface area contributed by atoms with Crippen LogP contribution in [-0.4, -0.2) is 38.4 Å². The van der Waals surface area contributed by atoms with Gasteiger partial charge in [0.25, 0.3) is 0 Å². The maximum Gasteiger partial charge on any atom is 0.356 e. The normalized spacial score (nSPS) is 16.6. The van der Waals surface area contributed by atoms with Gasteiger partial charge in [0, 0.05) is 0 Å². The summed E-state index contributed by atoms with van der Waals surface area (Å²) in [7, 11) is 0. The van der Waals surface area contributed by atoms with Crippen LogP contribution in [0.1, 0.15) is 35.6 Å². The van der Waals surface area contributed by atoms with E-state index in [9.17, 15) is 9.90 Å². The molecule has 20 heavy (non-hydrogen) atoms. The first-order valence-electron chi connectivity index (χ1n) is 6.78. The fraction of sp³-hybridized carbons (Fsp3) is 0.429. The molecule has 1 fully saturated rings. The Labute approximate surface area is 121 Å². The van der Waals surface area contributed by atoms with Crippen molar-refractivity contribution in [2.75, 3.05) is 13.1 Å². The van der Waals surface area contributed by atoms with E-state index in [1.54, 1.807) is 22.6 Å². The van der Waals surface area contributed by atoms with Gasteiger partial charge in [0.15, 0.2) is 5.69 Å². The van der Waals surface area contributed by atoms with E-state index < -0.39 is 5.97 Å². The van der Waals surface area contributed by atoms with Gasteiger partial charge in [-0.05, 0) is 38.1 Å². The molecule has 0 aliphatic carbocycles. The highest BCUT2D eigenvalue weighted by atomic mass is 35.5. The number of rotatable bonds is 3. The van der Waals surface area contributed by atoms with Gasteiger partial charge in [0.2, 0.25) is 0 Å². The van der Waals surface area contributed by atoms with Gasteiger partial charge in [-0.1, -0.05) is 24.1 Å². The molecule has 1 saturated heterocycles. The van der Waals surface area contributed by atoms with Crippen molar-refractivity contribution in [1.29, 1.82) is 0 Å². The number of fused-ring (bicyclic) bond motifs is 1. The summed E-state index contributed by atoms with van der Waals surface area (Å²) < 4.78 is 1.74. The molecule has 2 aromatic rings. The summed E-state index contributed by atoms with van der Waals surface area (Å²) in [6, 6.07) is 5.24. The van der Waals surface area contributed by atoms with Gasteiger partial charge in [0.05, 0.1) is 12.1 Å². The molecule has 0 bridgehead atoms. The highest BCUT2D eigenvalue weighted by Gasteiger charge is 2.20. The number of piperidine rings is 1. The summed E-state index contributed by atoms with van der Waals surface area (Å²) in [5, 5.41) is 9.76. The summed E-state index contributed by atoms with van der Waals surface area (Å²) in [6.45, 7) is 2.70. The number of imidazole rings is 1. The van der Waals surface area contributed by atoms with Gasteiger partial charge >= 0.3 is 5.97 Å². The summed E-state index contributed by atoms with van der Waals surface area (Å²) in [6.07, 6.45) is 3.63. The average Bonchev–Trinajstić information content (AvgIpc) is 2.80. The molecule has 5 nitrogen and oxygen atoms in total. The average molecular weight is 294 g/mol. The SMILES string of the molecule is O=C(O)c1nc(CN2CCCCC2)n2c(Cl)cccc12. The standard InChI is InChI=1S/C14H16ClN3O2/c15-11-6-4-5-10-13(14(19)20)16-12(18(10)11)9-17-7-2-1-3-8-17/h4-6H,1-3,7-9H2,(H,19,20). The first kappa shape index (κ1) is 13.4. The lowest BCUT2D eigenvalue weighted by atomic mass is 10.1. The summed E-state index contributed by atoms with van der Waals surface area (Å²) in [5.74, 6) is -0.320. The monoisotopic (exact) mass is 293 g/mol. The minimum absolute atomic E-state index is 0.0690. The van der Waals surface area contributed by atoms with Crippen LogP contribution in [0.3, 0.4) is 0 Å². The highest BCUT2D eigenvalue weighted by Crippen LogP contribution is 2.21. The molecular formula is C14H16ClN3O2. The maximum atomic E-state index is 11.3. The minimum Gasteiger partial charge on any atom is -0.476 e. The van der Waals surface area contributed by atoms with Crippen molar-refractivity contribution in [3.63, 3.8) is 0 Å². The van der Waals surface area contributed by atoms with Crippen LogP contribution in [0.15, 0.2) is 18.2 Å². The number of hydrogen-bond acceptors (Lipinski definition) is 3. The largest absolute Gasteiger partial charge is 0.476 e. The van der Waals surface area contributed by atoms with E-state index in [1.165, 1.54) is 19.3 Å². The van der Waals surface area contributed by atoms with E-state index in [1.807, 2.05) is 0 Å². The molecule has 0 atom stereocenters. The number of carboxylic acid groups (broad SMARTS) is 1. The number of hydrogen-bond donors (Lipinski definition) is 1. The van der Waals surface area contributed by atoms with E-state index in [2.05, 4.69) is 9.88 Å². The van der Waals surface area contributed by atoms with Gasteiger partial charge < -0.3 is 5.11 Å². The summed E-state index contributed by atoms with van der Waals surface area (Å²) in [5.41, 5.74) is 0.622. The summed E-state index contributed by atoms with van der Waals surface area (Å²) >= 11 is 6.21. The summed E-state index contributed by atoms with van der Waals surface area (Å²) in [4.78, 5) is 17.9. The van der Waals surface area contributed by atoms with Crippen LogP contribution in [0.4, 0.5) is 0 Å². The Kier molecular flexibility index (Phi) is 3.63. The predicted octanol–water partition coefficient (Wildman–Crippen LogP) is 2.67. The number of carboxylic acids is 1. The smallest absolute Gasteiger partial charge is 0.356 e. The van der Waals surface area contributed by atoms with Crippen molar-refractivity contribution in [1.82, 2.24) is 14.3 Å². The third-order valence-electron chi connectivity index (χ3n) is 3.70. The molecule has 0 spiro atoms. The molecule has 0 amide bonds. The molecule has 1 aliphatic rings. The number of likely N-dealkylation sites (tertiary alicyclic amines) is 1. The molecule has 0 aromatic carbocycles. The van der Waals surface area contributed by atoms with Crippen molar-refractivity contribution < 1.29 is 9.90 Å². The second-order valence-corrected chi connectivity index (χ2v) is 5.48. The second-order valence-electron chi connectivity index (χ2n) is 5.09. The van der Waals surface area contributed by atoms with Crippen LogP contribution in [-0.2, 0) is 6.54 Å². The van der Waals surface area contributed by atoms with Crippen molar-refractivity contribution in [2.45, 2.75) is 25.8 Å². The molecule has 0 unspecified atom stereocenters. The first-order valence-corrected chi connectivity index (χ1v) is 7.16. The number of pyridine rings is 1. The number of aromatic nitrogens is 2. The zero-order valence-electron chi connectivity index (χ0n) is 11.0. The van der Waals surface area contributed by atoms with Gasteiger partial charge in [-0.25, -0.2) is 9.78 Å². The van der Waals surface area contributed by atoms with Gasteiger partial charge in [-0.3, -0.25) is 9.30 Å². The van der Waals surface area contributed by atoms with Gasteiger partial charge in [-0.15, -0.1) is 0 Å². The van der Waals surface area contributed by atoms with Crippen LogP contribution >= 0.6 is 11.6 Å². The van der Waals surface area contributed by atoms with Crippen LogP contribution in [0.5, 0.6) is 0 Å². The Morgan fingerprint density at radius 2 is 2.05 bits per heavy atom. The lowest BCUT2D eigenvalue weighted by Gasteiger charge is -2.25. The maximum absolute atomic E-state index is 11.3. The first-order chi connectivity index (χ1) is 9.66. The topological polar surface area (TPSA) is 57.8 Å². The van der Waals surface area contributed by atoms with E-state index in [4.69, 9.17) is 11.6 Å². The van der Waals surface area contributed by atoms with Crippen LogP contribution < -0.4 is 0 Å². The number of nitrogens with zero attached hydrogens (tertiary/aromatic N) is 3. The lowest BCUT2D eigenvalue weighted by molar-refractivity contribution is 0.0693. The Morgan fingerprint density at radius 1 is 1.30 bits per heavy atom. The zero-order valence-corrected chi connectivity index (χ0v) is 11.8. The fourth-order valence-electron chi connectivity index (χ4n) is 2.75. The van der Waals surface area contributed by atoms with Crippen LogP contribution in [0.25, 0.3) is 5.52 Å². The predicted molar refractivity (Wildman–Crippen MR) is 76.3 cm³/mol. The van der Waals surface area contributed by atoms with Crippen molar-refractivity contribution in [3.05, 3.63) is 34.9 Å². The lowest BCUT2D eigenvalue weighted by Crippen LogP contribution is -2.30. The molecule has 106 valence electrons. The molecule has 6 heteroatoms. The highest BCUT2D eigenvalue weighted by molar-refractivity contribution is 6.29. The van der Waals surface area contributed by atoms with E-state index in [-0.39, 0.29) is 5.69 Å². The van der Waals surface area contributed by atoms with Crippen molar-refractivity contribution in [3.8, 4) is 0 Å².